The number of nitro groups is 1. The third kappa shape index (κ3) is 4.17. The lowest BCUT2D eigenvalue weighted by molar-refractivity contribution is -0.384. The Morgan fingerprint density at radius 1 is 1.03 bits per heavy atom. The van der Waals surface area contributed by atoms with Gasteiger partial charge in [-0.3, -0.25) is 28.8 Å². The number of nitro benzene ring substituents is 1. The zero-order valence-electron chi connectivity index (χ0n) is 20.2. The van der Waals surface area contributed by atoms with Gasteiger partial charge in [-0.1, -0.05) is 19.9 Å². The van der Waals surface area contributed by atoms with Crippen LogP contribution in [0.15, 0.2) is 46.2 Å². The van der Waals surface area contributed by atoms with Gasteiger partial charge in [0.15, 0.2) is 11.5 Å². The molecule has 0 aliphatic carbocycles. The van der Waals surface area contributed by atoms with Crippen molar-refractivity contribution in [3.05, 3.63) is 90.4 Å². The largest absolute Gasteiger partial charge is 0.496 e. The van der Waals surface area contributed by atoms with Crippen LogP contribution in [0.5, 0.6) is 5.75 Å². The number of benzene rings is 1. The van der Waals surface area contributed by atoms with Crippen LogP contribution in [0.3, 0.4) is 0 Å². The summed E-state index contributed by atoms with van der Waals surface area (Å²) in [5.74, 6) is -1.80. The first-order valence-electron chi connectivity index (χ1n) is 11.2. The predicted molar refractivity (Wildman–Crippen MR) is 128 cm³/mol. The van der Waals surface area contributed by atoms with Crippen LogP contribution in [0.1, 0.15) is 30.9 Å². The van der Waals surface area contributed by atoms with E-state index in [9.17, 15) is 37.3 Å². The summed E-state index contributed by atoms with van der Waals surface area (Å²) in [5.41, 5.74) is -6.34. The van der Waals surface area contributed by atoms with Crippen LogP contribution in [0, 0.1) is 15.9 Å². The average Bonchev–Trinajstić information content (AvgIpc) is 2.87. The number of nitrogens with zero attached hydrogens (tertiary/aromatic N) is 5. The number of methoxy groups -OCH3 is 1. The number of fused-ring (bicyclic) bond motifs is 1. The number of hydrogen-bond donors (Lipinski definition) is 0. The smallest absolute Gasteiger partial charge is 0.431 e. The van der Waals surface area contributed by atoms with Gasteiger partial charge in [0.25, 0.3) is 16.8 Å². The maximum Gasteiger partial charge on any atom is 0.431 e. The molecule has 0 spiro atoms. The van der Waals surface area contributed by atoms with Crippen molar-refractivity contribution in [2.45, 2.75) is 32.9 Å². The summed E-state index contributed by atoms with van der Waals surface area (Å²) >= 11 is 0. The minimum Gasteiger partial charge on any atom is -0.496 e. The molecule has 0 bridgehead atoms. The minimum absolute atomic E-state index is 0.0709. The first kappa shape index (κ1) is 26.4. The second-order valence-electron chi connectivity index (χ2n) is 8.00. The van der Waals surface area contributed by atoms with Gasteiger partial charge in [0.2, 0.25) is 0 Å². The molecule has 3 heterocycles. The van der Waals surface area contributed by atoms with Crippen LogP contribution in [0.4, 0.5) is 23.2 Å². The van der Waals surface area contributed by atoms with Crippen molar-refractivity contribution < 1.29 is 27.2 Å². The van der Waals surface area contributed by atoms with Crippen LogP contribution < -0.4 is 15.9 Å². The van der Waals surface area contributed by atoms with Crippen molar-refractivity contribution in [1.29, 1.82) is 0 Å². The molecule has 14 heteroatoms. The number of para-hydroxylation sites is 1. The number of alkyl halides is 3. The van der Waals surface area contributed by atoms with Gasteiger partial charge in [0, 0.05) is 17.5 Å². The summed E-state index contributed by atoms with van der Waals surface area (Å²) in [7, 11) is 1.10. The van der Waals surface area contributed by atoms with E-state index in [1.165, 1.54) is 6.33 Å². The molecule has 0 radical (unpaired) electrons. The highest BCUT2D eigenvalue weighted by molar-refractivity contribution is 5.87. The van der Waals surface area contributed by atoms with Crippen molar-refractivity contribution in [2.24, 2.45) is 0 Å². The Morgan fingerprint density at radius 2 is 1.66 bits per heavy atom. The Hall–Kier alpha value is -4.62. The molecule has 0 atom stereocenters. The lowest BCUT2D eigenvalue weighted by Gasteiger charge is -2.21. The topological polar surface area (TPSA) is 122 Å². The molecule has 4 rings (SSSR count). The Labute approximate surface area is 210 Å². The molecule has 0 unspecified atom stereocenters. The van der Waals surface area contributed by atoms with E-state index in [2.05, 4.69) is 9.97 Å². The molecule has 0 aliphatic heterocycles. The molecule has 0 N–H and O–H groups in total. The molecule has 0 fully saturated rings. The van der Waals surface area contributed by atoms with E-state index < -0.39 is 56.0 Å². The summed E-state index contributed by atoms with van der Waals surface area (Å²) in [4.78, 5) is 46.1. The summed E-state index contributed by atoms with van der Waals surface area (Å²) in [6.45, 7) is 3.43. The Balaban J connectivity index is 2.37. The quantitative estimate of drug-likeness (QED) is 0.208. The zero-order chi connectivity index (χ0) is 27.9. The SMILES string of the molecule is CCc1ncnc(CC)c1-n1c(=O)cc(OC)c2cc(C(F)(F)F)n(-c3c(F)cccc3[N+](=O)[O-])c(=O)c21. The van der Waals surface area contributed by atoms with E-state index in [-0.39, 0.29) is 28.8 Å². The van der Waals surface area contributed by atoms with E-state index in [1.807, 2.05) is 0 Å². The molecule has 0 saturated heterocycles. The lowest BCUT2D eigenvalue weighted by atomic mass is 10.1. The fourth-order valence-electron chi connectivity index (χ4n) is 4.30. The number of halogens is 4. The minimum atomic E-state index is -5.27. The number of pyridine rings is 2. The summed E-state index contributed by atoms with van der Waals surface area (Å²) in [6.07, 6.45) is -3.49. The normalized spacial score (nSPS) is 11.7. The molecule has 0 amide bonds. The maximum atomic E-state index is 15.0. The monoisotopic (exact) mass is 533 g/mol. The summed E-state index contributed by atoms with van der Waals surface area (Å²) in [6, 6.07) is 3.78. The Kier molecular flexibility index (Phi) is 6.74. The highest BCUT2D eigenvalue weighted by atomic mass is 19.4. The van der Waals surface area contributed by atoms with Crippen molar-refractivity contribution in [2.75, 3.05) is 7.11 Å². The molecule has 10 nitrogen and oxygen atoms in total. The van der Waals surface area contributed by atoms with Crippen LogP contribution in [-0.2, 0) is 19.0 Å². The standard InChI is InChI=1S/C24H19F4N5O5/c1-4-14-22(15(5-2)30-11-29-14)32-19(34)10-17(38-3)12-9-18(24(26,27)28)31(23(35)20(12)32)21-13(25)7-6-8-16(21)33(36)37/h6-11H,4-5H2,1-3H3. The summed E-state index contributed by atoms with van der Waals surface area (Å²) in [5, 5.41) is 11.2. The highest BCUT2D eigenvalue weighted by Crippen LogP contribution is 2.37. The van der Waals surface area contributed by atoms with Gasteiger partial charge in [-0.15, -0.1) is 0 Å². The third-order valence-corrected chi connectivity index (χ3v) is 5.91. The van der Waals surface area contributed by atoms with Gasteiger partial charge >= 0.3 is 6.18 Å². The molecular formula is C24H19F4N5O5. The molecule has 1 aromatic carbocycles. The van der Waals surface area contributed by atoms with E-state index in [1.54, 1.807) is 13.8 Å². The molecule has 198 valence electrons. The molecule has 3 aromatic heterocycles. The number of rotatable bonds is 6. The number of ether oxygens (including phenoxy) is 1. The van der Waals surface area contributed by atoms with Crippen molar-refractivity contribution in [1.82, 2.24) is 19.1 Å². The van der Waals surface area contributed by atoms with Gasteiger partial charge in [-0.25, -0.2) is 14.4 Å². The van der Waals surface area contributed by atoms with Crippen LogP contribution >= 0.6 is 0 Å². The first-order valence-corrected chi connectivity index (χ1v) is 11.2. The van der Waals surface area contributed by atoms with E-state index in [4.69, 9.17) is 4.74 Å². The van der Waals surface area contributed by atoms with Gasteiger partial charge in [0.05, 0.1) is 29.1 Å². The second kappa shape index (κ2) is 9.68. The Bertz CT molecular complexity index is 1690. The molecule has 38 heavy (non-hydrogen) atoms. The van der Waals surface area contributed by atoms with Crippen LogP contribution in [0.2, 0.25) is 0 Å². The highest BCUT2D eigenvalue weighted by Gasteiger charge is 2.39. The molecular weight excluding hydrogens is 514 g/mol. The first-order chi connectivity index (χ1) is 18.0. The lowest BCUT2D eigenvalue weighted by Crippen LogP contribution is -2.33. The Morgan fingerprint density at radius 3 is 2.18 bits per heavy atom. The van der Waals surface area contributed by atoms with E-state index >= 15 is 0 Å². The fraction of sp³-hybridized carbons (Fsp3) is 0.250. The van der Waals surface area contributed by atoms with Crippen molar-refractivity contribution >= 4 is 16.6 Å². The van der Waals surface area contributed by atoms with Crippen molar-refractivity contribution in [3.8, 4) is 17.1 Å². The van der Waals surface area contributed by atoms with Gasteiger partial charge < -0.3 is 4.74 Å². The second-order valence-corrected chi connectivity index (χ2v) is 8.00. The van der Waals surface area contributed by atoms with Gasteiger partial charge in [-0.2, -0.15) is 13.2 Å². The predicted octanol–water partition coefficient (Wildman–Crippen LogP) is 4.13. The molecule has 4 aromatic rings. The van der Waals surface area contributed by atoms with Crippen LogP contribution in [-0.4, -0.2) is 31.1 Å². The number of aromatic nitrogens is 4. The average molecular weight is 533 g/mol. The zero-order valence-corrected chi connectivity index (χ0v) is 20.2. The van der Waals surface area contributed by atoms with Gasteiger partial charge in [0.1, 0.15) is 23.3 Å². The third-order valence-electron chi connectivity index (χ3n) is 5.91. The maximum absolute atomic E-state index is 15.0. The van der Waals surface area contributed by atoms with Crippen LogP contribution in [0.25, 0.3) is 22.3 Å². The molecule has 0 aliphatic rings. The number of hydrogen-bond acceptors (Lipinski definition) is 7. The van der Waals surface area contributed by atoms with Crippen molar-refractivity contribution in [3.63, 3.8) is 0 Å². The van der Waals surface area contributed by atoms with Gasteiger partial charge in [-0.05, 0) is 25.0 Å². The van der Waals surface area contributed by atoms with E-state index in [0.29, 0.717) is 23.5 Å². The number of aryl methyl sites for hydroxylation is 2. The summed E-state index contributed by atoms with van der Waals surface area (Å²) < 4.78 is 63.7. The fourth-order valence-corrected chi connectivity index (χ4v) is 4.30. The molecule has 0 saturated carbocycles. The van der Waals surface area contributed by atoms with E-state index in [0.717, 1.165) is 29.9 Å².